The lowest BCUT2D eigenvalue weighted by Crippen LogP contribution is -2.24. The van der Waals surface area contributed by atoms with Crippen LogP contribution in [-0.4, -0.2) is 17.0 Å². The van der Waals surface area contributed by atoms with E-state index in [1.54, 1.807) is 13.2 Å². The third kappa shape index (κ3) is 4.16. The SMILES string of the molecule is CNc1cnc(N(Cc2ccccc2)Cc2ccccc2)c([N+](=O)[O-])c1. The zero-order valence-corrected chi connectivity index (χ0v) is 14.5. The zero-order chi connectivity index (χ0) is 18.4. The van der Waals surface area contributed by atoms with E-state index in [1.807, 2.05) is 65.6 Å². The van der Waals surface area contributed by atoms with Gasteiger partial charge in [-0.2, -0.15) is 0 Å². The molecule has 1 N–H and O–H groups in total. The molecule has 3 rings (SSSR count). The smallest absolute Gasteiger partial charge is 0.313 e. The first-order chi connectivity index (χ1) is 12.7. The number of nitrogens with zero attached hydrogens (tertiary/aromatic N) is 3. The topological polar surface area (TPSA) is 71.3 Å². The summed E-state index contributed by atoms with van der Waals surface area (Å²) in [6.45, 7) is 1.06. The predicted molar refractivity (Wildman–Crippen MR) is 103 cm³/mol. The fourth-order valence-electron chi connectivity index (χ4n) is 2.77. The summed E-state index contributed by atoms with van der Waals surface area (Å²) in [6, 6.07) is 21.3. The van der Waals surface area contributed by atoms with E-state index in [2.05, 4.69) is 10.3 Å². The summed E-state index contributed by atoms with van der Waals surface area (Å²) in [5.74, 6) is 0.363. The van der Waals surface area contributed by atoms with Gasteiger partial charge in [0.15, 0.2) is 0 Å². The van der Waals surface area contributed by atoms with Crippen molar-refractivity contribution >= 4 is 17.2 Å². The van der Waals surface area contributed by atoms with Gasteiger partial charge >= 0.3 is 5.69 Å². The molecule has 0 unspecified atom stereocenters. The van der Waals surface area contributed by atoms with Crippen molar-refractivity contribution < 1.29 is 4.92 Å². The summed E-state index contributed by atoms with van der Waals surface area (Å²) < 4.78 is 0. The Morgan fingerprint density at radius 1 is 1.00 bits per heavy atom. The van der Waals surface area contributed by atoms with E-state index in [1.165, 1.54) is 6.07 Å². The Morgan fingerprint density at radius 3 is 2.00 bits per heavy atom. The lowest BCUT2D eigenvalue weighted by molar-refractivity contribution is -0.384. The summed E-state index contributed by atoms with van der Waals surface area (Å²) in [5, 5.41) is 14.5. The van der Waals surface area contributed by atoms with Crippen LogP contribution in [0.2, 0.25) is 0 Å². The van der Waals surface area contributed by atoms with Gasteiger partial charge < -0.3 is 10.2 Å². The number of hydrogen-bond acceptors (Lipinski definition) is 5. The van der Waals surface area contributed by atoms with Crippen LogP contribution < -0.4 is 10.2 Å². The summed E-state index contributed by atoms with van der Waals surface area (Å²) >= 11 is 0. The second-order valence-corrected chi connectivity index (χ2v) is 5.90. The minimum atomic E-state index is -0.383. The highest BCUT2D eigenvalue weighted by Gasteiger charge is 2.22. The molecule has 1 aromatic heterocycles. The molecule has 0 amide bonds. The van der Waals surface area contributed by atoms with Crippen LogP contribution >= 0.6 is 0 Å². The van der Waals surface area contributed by atoms with Crippen LogP contribution in [-0.2, 0) is 13.1 Å². The van der Waals surface area contributed by atoms with E-state index in [-0.39, 0.29) is 10.6 Å². The lowest BCUT2D eigenvalue weighted by Gasteiger charge is -2.24. The molecule has 0 bridgehead atoms. The van der Waals surface area contributed by atoms with Crippen LogP contribution in [0, 0.1) is 10.1 Å². The maximum Gasteiger partial charge on any atom is 0.313 e. The Bertz CT molecular complexity index is 828. The van der Waals surface area contributed by atoms with Gasteiger partial charge in [-0.1, -0.05) is 60.7 Å². The first-order valence-electron chi connectivity index (χ1n) is 8.32. The van der Waals surface area contributed by atoms with Gasteiger partial charge in [-0.25, -0.2) is 4.98 Å². The van der Waals surface area contributed by atoms with Gasteiger partial charge in [-0.3, -0.25) is 10.1 Å². The van der Waals surface area contributed by atoms with Crippen LogP contribution in [0.3, 0.4) is 0 Å². The molecule has 6 heteroatoms. The molecule has 3 aromatic rings. The van der Waals surface area contributed by atoms with Gasteiger partial charge in [-0.05, 0) is 11.1 Å². The number of anilines is 2. The van der Waals surface area contributed by atoms with Crippen molar-refractivity contribution in [1.82, 2.24) is 4.98 Å². The monoisotopic (exact) mass is 348 g/mol. The Hall–Kier alpha value is -3.41. The number of aromatic nitrogens is 1. The lowest BCUT2D eigenvalue weighted by atomic mass is 10.1. The Morgan fingerprint density at radius 2 is 1.54 bits per heavy atom. The average molecular weight is 348 g/mol. The molecule has 0 aliphatic heterocycles. The van der Waals surface area contributed by atoms with Crippen molar-refractivity contribution in [3.05, 3.63) is 94.2 Å². The zero-order valence-electron chi connectivity index (χ0n) is 14.5. The first-order valence-corrected chi connectivity index (χ1v) is 8.32. The summed E-state index contributed by atoms with van der Waals surface area (Å²) in [4.78, 5) is 17.5. The normalized spacial score (nSPS) is 10.3. The Balaban J connectivity index is 2.00. The van der Waals surface area contributed by atoms with E-state index < -0.39 is 0 Å². The molecule has 0 fully saturated rings. The van der Waals surface area contributed by atoms with Crippen molar-refractivity contribution in [2.45, 2.75) is 13.1 Å². The maximum atomic E-state index is 11.6. The number of nitro groups is 1. The summed E-state index contributed by atoms with van der Waals surface area (Å²) in [7, 11) is 1.71. The molecular weight excluding hydrogens is 328 g/mol. The van der Waals surface area contributed by atoms with Gasteiger partial charge in [0.25, 0.3) is 0 Å². The molecule has 2 aromatic carbocycles. The number of benzene rings is 2. The number of rotatable bonds is 7. The fraction of sp³-hybridized carbons (Fsp3) is 0.150. The quantitative estimate of drug-likeness (QED) is 0.511. The average Bonchev–Trinajstić information content (AvgIpc) is 2.68. The number of hydrogen-bond donors (Lipinski definition) is 1. The molecule has 0 radical (unpaired) electrons. The number of pyridine rings is 1. The third-order valence-corrected chi connectivity index (χ3v) is 4.06. The highest BCUT2D eigenvalue weighted by Crippen LogP contribution is 2.30. The minimum Gasteiger partial charge on any atom is -0.387 e. The first kappa shape index (κ1) is 17.4. The van der Waals surface area contributed by atoms with E-state index in [0.29, 0.717) is 24.6 Å². The molecule has 0 spiro atoms. The predicted octanol–water partition coefficient (Wildman–Crippen LogP) is 4.24. The van der Waals surface area contributed by atoms with Crippen molar-refractivity contribution in [2.24, 2.45) is 0 Å². The van der Waals surface area contributed by atoms with Crippen LogP contribution in [0.4, 0.5) is 17.2 Å². The summed E-state index contributed by atoms with van der Waals surface area (Å²) in [5.41, 5.74) is 2.73. The molecular formula is C20H20N4O2. The van der Waals surface area contributed by atoms with E-state index in [4.69, 9.17) is 0 Å². The van der Waals surface area contributed by atoms with Gasteiger partial charge in [0.2, 0.25) is 5.82 Å². The molecule has 0 atom stereocenters. The largest absolute Gasteiger partial charge is 0.387 e. The van der Waals surface area contributed by atoms with Crippen LogP contribution in [0.5, 0.6) is 0 Å². The Kier molecular flexibility index (Phi) is 5.43. The number of nitrogens with one attached hydrogen (secondary N) is 1. The highest BCUT2D eigenvalue weighted by molar-refractivity contribution is 5.64. The van der Waals surface area contributed by atoms with Crippen molar-refractivity contribution in [3.63, 3.8) is 0 Å². The molecule has 26 heavy (non-hydrogen) atoms. The molecule has 0 aliphatic rings. The van der Waals surface area contributed by atoms with E-state index >= 15 is 0 Å². The van der Waals surface area contributed by atoms with Crippen molar-refractivity contribution in [2.75, 3.05) is 17.3 Å². The van der Waals surface area contributed by atoms with Crippen LogP contribution in [0.15, 0.2) is 72.9 Å². The molecule has 132 valence electrons. The third-order valence-electron chi connectivity index (χ3n) is 4.06. The Labute approximate surface area is 152 Å². The van der Waals surface area contributed by atoms with Crippen LogP contribution in [0.25, 0.3) is 0 Å². The van der Waals surface area contributed by atoms with Gasteiger partial charge in [0, 0.05) is 26.2 Å². The molecule has 0 saturated carbocycles. The molecule has 0 aliphatic carbocycles. The van der Waals surface area contributed by atoms with Crippen molar-refractivity contribution in [1.29, 1.82) is 0 Å². The molecule has 1 heterocycles. The molecule has 0 saturated heterocycles. The second kappa shape index (κ2) is 8.11. The van der Waals surface area contributed by atoms with Gasteiger partial charge in [0.05, 0.1) is 16.8 Å². The maximum absolute atomic E-state index is 11.6. The van der Waals surface area contributed by atoms with Gasteiger partial charge in [-0.15, -0.1) is 0 Å². The van der Waals surface area contributed by atoms with E-state index in [9.17, 15) is 10.1 Å². The van der Waals surface area contributed by atoms with Gasteiger partial charge in [0.1, 0.15) is 0 Å². The molecule has 6 nitrogen and oxygen atoms in total. The van der Waals surface area contributed by atoms with Crippen molar-refractivity contribution in [3.8, 4) is 0 Å². The van der Waals surface area contributed by atoms with Crippen LogP contribution in [0.1, 0.15) is 11.1 Å². The summed E-state index contributed by atoms with van der Waals surface area (Å²) in [6.07, 6.45) is 1.62. The highest BCUT2D eigenvalue weighted by atomic mass is 16.6. The second-order valence-electron chi connectivity index (χ2n) is 5.90. The minimum absolute atomic E-state index is 0.0105. The fourth-order valence-corrected chi connectivity index (χ4v) is 2.77. The standard InChI is InChI=1S/C20H20N4O2/c1-21-18-12-19(24(25)26)20(22-13-18)23(14-16-8-4-2-5-9-16)15-17-10-6-3-7-11-17/h2-13,21H,14-15H2,1H3. The van der Waals surface area contributed by atoms with E-state index in [0.717, 1.165) is 11.1 Å².